The number of nitrogens with zero attached hydrogens (tertiary/aromatic N) is 2. The molecule has 5 unspecified atom stereocenters. The van der Waals surface area contributed by atoms with Gasteiger partial charge in [0.1, 0.15) is 0 Å². The molecule has 2 saturated heterocycles. The van der Waals surface area contributed by atoms with E-state index in [-0.39, 0.29) is 10.8 Å². The van der Waals surface area contributed by atoms with Crippen LogP contribution in [0.2, 0.25) is 0 Å². The fourth-order valence-corrected chi connectivity index (χ4v) is 20.0. The van der Waals surface area contributed by atoms with Crippen LogP contribution in [0.5, 0.6) is 0 Å². The quantitative estimate of drug-likeness (QED) is 0.161. The molecule has 0 radical (unpaired) electrons. The van der Waals surface area contributed by atoms with Gasteiger partial charge in [0.25, 0.3) is 0 Å². The van der Waals surface area contributed by atoms with Crippen LogP contribution in [0, 0.1) is 5.92 Å². The SMILES string of the molecule is CN1CC23Cc4cc5cc6c7c8c9c%10c%11c%12c%13c(cc(c%14c%15c2c4c2c5c7c4c9c%11c(c%13%14)c%15c24)=C3C1c1ccc2c(c1)CC2)CC=%12CC=%10C1CN(C)C(c2ccc3c(c2)CC3)C81C6. The summed E-state index contributed by atoms with van der Waals surface area (Å²) in [5.41, 5.74) is 23.3. The summed E-state index contributed by atoms with van der Waals surface area (Å²) in [5, 5.41) is 35.1. The van der Waals surface area contributed by atoms with Gasteiger partial charge in [0.15, 0.2) is 0 Å². The van der Waals surface area contributed by atoms with Crippen molar-refractivity contribution in [3.05, 3.63) is 131 Å². The van der Waals surface area contributed by atoms with Crippen LogP contribution in [0.1, 0.15) is 79.7 Å². The highest BCUT2D eigenvalue weighted by Crippen LogP contribution is 2.72. The van der Waals surface area contributed by atoms with E-state index in [1.807, 2.05) is 5.57 Å². The van der Waals surface area contributed by atoms with Gasteiger partial charge in [-0.1, -0.05) is 65.7 Å². The van der Waals surface area contributed by atoms with Gasteiger partial charge in [-0.25, -0.2) is 0 Å². The summed E-state index contributed by atoms with van der Waals surface area (Å²) in [6.07, 6.45) is 9.58. The normalized spacial score (nSPS) is 28.9. The Morgan fingerprint density at radius 2 is 1.16 bits per heavy atom. The van der Waals surface area contributed by atoms with Gasteiger partial charge in [0.05, 0.1) is 6.04 Å². The molecule has 22 rings (SSSR count). The Hall–Kier alpha value is -5.80. The first kappa shape index (κ1) is 29.5. The number of likely N-dealkylation sites (N-methyl/N-ethyl adjacent to an activating group) is 2. The first-order chi connectivity index (χ1) is 31.0. The fourth-order valence-electron chi connectivity index (χ4n) is 20.0. The second-order valence-electron chi connectivity index (χ2n) is 23.4. The van der Waals surface area contributed by atoms with Crippen molar-refractivity contribution in [3.8, 4) is 0 Å². The molecule has 0 aromatic heterocycles. The molecule has 2 heteroatoms. The maximum atomic E-state index is 2.85. The molecule has 5 atom stereocenters. The van der Waals surface area contributed by atoms with Gasteiger partial charge in [0, 0.05) is 35.9 Å². The molecule has 2 nitrogen and oxygen atoms in total. The van der Waals surface area contributed by atoms with Crippen LogP contribution in [0.15, 0.2) is 54.6 Å². The molecule has 0 saturated carbocycles. The zero-order valence-corrected chi connectivity index (χ0v) is 35.4. The average molecular weight is 799 g/mol. The number of hydrogen-bond donors (Lipinski definition) is 0. The Bertz CT molecular complexity index is 4680. The van der Waals surface area contributed by atoms with E-state index < -0.39 is 0 Å². The lowest BCUT2D eigenvalue weighted by atomic mass is 9.60. The molecule has 8 aliphatic carbocycles. The Kier molecular flexibility index (Phi) is 3.81. The van der Waals surface area contributed by atoms with Crippen LogP contribution in [0.25, 0.3) is 114 Å². The number of hydrogen-bond acceptors (Lipinski definition) is 2. The van der Waals surface area contributed by atoms with Gasteiger partial charge >= 0.3 is 0 Å². The van der Waals surface area contributed by atoms with Gasteiger partial charge in [0.2, 0.25) is 0 Å². The van der Waals surface area contributed by atoms with Crippen LogP contribution >= 0.6 is 0 Å². The highest BCUT2D eigenvalue weighted by Gasteiger charge is 2.63. The first-order valence-corrected chi connectivity index (χ1v) is 24.5. The Morgan fingerprint density at radius 1 is 0.492 bits per heavy atom. The van der Waals surface area contributed by atoms with E-state index in [0.29, 0.717) is 18.0 Å². The van der Waals surface area contributed by atoms with E-state index in [9.17, 15) is 0 Å². The third-order valence-corrected chi connectivity index (χ3v) is 21.6. The minimum absolute atomic E-state index is 0.0138. The minimum Gasteiger partial charge on any atom is -0.298 e. The van der Waals surface area contributed by atoms with E-state index in [1.54, 1.807) is 179 Å². The lowest BCUT2D eigenvalue weighted by molar-refractivity contribution is 0.245. The second-order valence-corrected chi connectivity index (χ2v) is 23.4. The largest absolute Gasteiger partial charge is 0.298 e. The van der Waals surface area contributed by atoms with Crippen molar-refractivity contribution in [3.63, 3.8) is 0 Å². The number of rotatable bonds is 2. The van der Waals surface area contributed by atoms with Gasteiger partial charge in [-0.05, 0) is 245 Å². The van der Waals surface area contributed by atoms with Crippen LogP contribution in [-0.4, -0.2) is 37.0 Å². The molecule has 0 N–H and O–H groups in total. The van der Waals surface area contributed by atoms with Crippen molar-refractivity contribution in [1.82, 2.24) is 9.80 Å². The number of benzene rings is 9. The van der Waals surface area contributed by atoms with Crippen LogP contribution < -0.4 is 15.7 Å². The molecule has 2 fully saturated rings. The van der Waals surface area contributed by atoms with Crippen molar-refractivity contribution in [2.45, 2.75) is 74.3 Å². The summed E-state index contributed by atoms with van der Waals surface area (Å²) < 4.78 is 0. The summed E-state index contributed by atoms with van der Waals surface area (Å²) in [5.74, 6) is 0.519. The molecule has 2 heterocycles. The summed E-state index contributed by atoms with van der Waals surface area (Å²) in [6, 6.07) is 24.5. The van der Waals surface area contributed by atoms with Gasteiger partial charge in [-0.3, -0.25) is 9.80 Å². The summed E-state index contributed by atoms with van der Waals surface area (Å²) in [6.45, 7) is 2.26. The van der Waals surface area contributed by atoms with Crippen LogP contribution in [-0.2, 0) is 55.8 Å². The Morgan fingerprint density at radius 3 is 1.94 bits per heavy atom. The van der Waals surface area contributed by atoms with E-state index in [0.717, 1.165) is 32.4 Å². The topological polar surface area (TPSA) is 6.48 Å². The van der Waals surface area contributed by atoms with E-state index in [2.05, 4.69) is 78.5 Å². The first-order valence-electron chi connectivity index (χ1n) is 24.5. The molecule has 12 aromatic rings. The number of aryl methyl sites for hydroxylation is 4. The van der Waals surface area contributed by atoms with Crippen molar-refractivity contribution in [2.75, 3.05) is 27.2 Å². The predicted molar refractivity (Wildman–Crippen MR) is 257 cm³/mol. The standard InChI is InChI=1S/C61H38N2/c1-62-20-35-33-16-29-13-30-17-34-42-46-37(30)36(29)45-41(33)54-52-48-44-38-28(15-32-19-61(35,57(54)40(32)44)59(62)27-10-6-23-4-8-25(23)12-27)14-31-18-60(56-39(31)43(38)47(48)51(53(42)56)50(46)49(45)52)21-63(2)58(55(34)60)26-9-5-22-3-7-24(22)11-26/h5-6,9-12,14-15,17,35,58-59H,3-4,7-8,13,16,18-21H2,1-2H3. The molecular formula is C61H38N2. The van der Waals surface area contributed by atoms with Gasteiger partial charge in [-0.15, -0.1) is 0 Å². The summed E-state index contributed by atoms with van der Waals surface area (Å²) >= 11 is 0. The molecule has 12 aromatic carbocycles. The smallest absolute Gasteiger partial charge is 0.0577 e. The molecule has 2 spiro atoms. The fraction of sp³-hybridized carbons (Fsp3) is 0.279. The van der Waals surface area contributed by atoms with Crippen molar-refractivity contribution < 1.29 is 0 Å². The molecule has 2 aliphatic heterocycles. The molecule has 10 aliphatic rings. The van der Waals surface area contributed by atoms with Crippen molar-refractivity contribution in [2.24, 2.45) is 5.92 Å². The maximum absolute atomic E-state index is 2.85. The van der Waals surface area contributed by atoms with Gasteiger partial charge < -0.3 is 0 Å². The van der Waals surface area contributed by atoms with E-state index in [4.69, 9.17) is 0 Å². The lowest BCUT2D eigenvalue weighted by Crippen LogP contribution is -2.43. The highest BCUT2D eigenvalue weighted by atomic mass is 15.2. The summed E-state index contributed by atoms with van der Waals surface area (Å²) in [7, 11) is 4.98. The lowest BCUT2D eigenvalue weighted by Gasteiger charge is -2.43. The molecule has 292 valence electrons. The minimum atomic E-state index is -0.0138. The Labute approximate surface area is 360 Å². The maximum Gasteiger partial charge on any atom is 0.0577 e. The van der Waals surface area contributed by atoms with Crippen LogP contribution in [0.3, 0.4) is 0 Å². The Balaban J connectivity index is 1.03. The highest BCUT2D eigenvalue weighted by molar-refractivity contribution is 6.60. The van der Waals surface area contributed by atoms with Crippen molar-refractivity contribution in [1.29, 1.82) is 0 Å². The predicted octanol–water partition coefficient (Wildman–Crippen LogP) is 9.62. The van der Waals surface area contributed by atoms with E-state index >= 15 is 0 Å². The third kappa shape index (κ3) is 2.38. The average Bonchev–Trinajstić information content (AvgIpc) is 4.12. The third-order valence-electron chi connectivity index (χ3n) is 21.6. The van der Waals surface area contributed by atoms with Gasteiger partial charge in [-0.2, -0.15) is 0 Å². The second kappa shape index (κ2) is 8.12. The molecule has 0 amide bonds. The summed E-state index contributed by atoms with van der Waals surface area (Å²) in [4.78, 5) is 5.65. The zero-order chi connectivity index (χ0) is 39.5. The molecular weight excluding hydrogens is 761 g/mol. The molecule has 63 heavy (non-hydrogen) atoms. The number of fused-ring (bicyclic) bond motifs is 3. The van der Waals surface area contributed by atoms with Crippen LogP contribution in [0.4, 0.5) is 0 Å². The van der Waals surface area contributed by atoms with E-state index in [1.165, 1.54) is 37.7 Å². The van der Waals surface area contributed by atoms with Crippen molar-refractivity contribution >= 4 is 114 Å². The molecule has 0 bridgehead atoms. The number of likely N-dealkylation sites (tertiary alicyclic amines) is 2. The monoisotopic (exact) mass is 798 g/mol. The zero-order valence-electron chi connectivity index (χ0n) is 35.4.